The van der Waals surface area contributed by atoms with Crippen LogP contribution >= 0.6 is 11.8 Å². The summed E-state index contributed by atoms with van der Waals surface area (Å²) >= 11 is 1.21. The molecule has 0 atom stereocenters. The minimum Gasteiger partial charge on any atom is -0.478 e. The van der Waals surface area contributed by atoms with E-state index in [1.54, 1.807) is 0 Å². The Morgan fingerprint density at radius 2 is 2.45 bits per heavy atom. The number of hydrogen-bond acceptors (Lipinski definition) is 4. The van der Waals surface area contributed by atoms with Crippen molar-refractivity contribution >= 4 is 23.7 Å². The smallest absolute Gasteiger partial charge is 0.344 e. The minimum atomic E-state index is -1.12. The quantitative estimate of drug-likeness (QED) is 0.456. The lowest BCUT2D eigenvalue weighted by Crippen LogP contribution is -2.15. The number of rotatable bonds is 1. The van der Waals surface area contributed by atoms with Crippen molar-refractivity contribution < 1.29 is 19.4 Å². The molecule has 0 aromatic carbocycles. The van der Waals surface area contributed by atoms with Gasteiger partial charge in [0.2, 0.25) is 0 Å². The van der Waals surface area contributed by atoms with E-state index in [1.807, 2.05) is 0 Å². The summed E-state index contributed by atoms with van der Waals surface area (Å²) in [6.07, 6.45) is 0.867. The Morgan fingerprint density at radius 1 is 1.73 bits per heavy atom. The summed E-state index contributed by atoms with van der Waals surface area (Å²) in [7, 11) is 0. The molecular weight excluding hydrogens is 168 g/mol. The van der Waals surface area contributed by atoms with Gasteiger partial charge in [-0.05, 0) is 0 Å². The van der Waals surface area contributed by atoms with Crippen LogP contribution in [0, 0.1) is 0 Å². The fourth-order valence-electron chi connectivity index (χ4n) is 0.629. The molecule has 0 spiro atoms. The first-order valence-corrected chi connectivity index (χ1v) is 3.93. The molecule has 1 N–H and O–H groups in total. The number of carboxylic acid groups (broad SMARTS) is 1. The standard InChI is InChI=1S/C6H6O4S/c7-5(8)3-4-6(9)10-1-2-11-4/h3H,1-2H2,(H,7,8)/b4-3-. The van der Waals surface area contributed by atoms with Gasteiger partial charge in [-0.2, -0.15) is 0 Å². The van der Waals surface area contributed by atoms with Crippen molar-refractivity contribution in [1.82, 2.24) is 0 Å². The second kappa shape index (κ2) is 3.43. The number of esters is 1. The molecule has 1 aliphatic heterocycles. The van der Waals surface area contributed by atoms with E-state index in [1.165, 1.54) is 11.8 Å². The molecule has 5 heteroatoms. The highest BCUT2D eigenvalue weighted by molar-refractivity contribution is 8.04. The Balaban J connectivity index is 2.68. The first kappa shape index (κ1) is 8.13. The number of aliphatic carboxylic acids is 1. The highest BCUT2D eigenvalue weighted by Crippen LogP contribution is 2.21. The molecule has 0 aliphatic carbocycles. The van der Waals surface area contributed by atoms with Crippen LogP contribution in [0.5, 0.6) is 0 Å². The number of carbonyl (C=O) groups is 2. The third-order valence-electron chi connectivity index (χ3n) is 1.03. The van der Waals surface area contributed by atoms with Gasteiger partial charge in [0.25, 0.3) is 0 Å². The molecule has 1 aliphatic rings. The molecule has 0 saturated carbocycles. The number of ether oxygens (including phenoxy) is 1. The van der Waals surface area contributed by atoms with Crippen LogP contribution in [0.3, 0.4) is 0 Å². The molecule has 0 aromatic heterocycles. The van der Waals surface area contributed by atoms with E-state index < -0.39 is 11.9 Å². The van der Waals surface area contributed by atoms with Crippen molar-refractivity contribution in [3.05, 3.63) is 11.0 Å². The van der Waals surface area contributed by atoms with Gasteiger partial charge in [-0.15, -0.1) is 11.8 Å². The first-order valence-electron chi connectivity index (χ1n) is 2.94. The van der Waals surface area contributed by atoms with Gasteiger partial charge < -0.3 is 9.84 Å². The van der Waals surface area contributed by atoms with Crippen LogP contribution in [0.25, 0.3) is 0 Å². The van der Waals surface area contributed by atoms with Crippen molar-refractivity contribution in [3.8, 4) is 0 Å². The van der Waals surface area contributed by atoms with Gasteiger partial charge in [-0.1, -0.05) is 0 Å². The number of hydrogen-bond donors (Lipinski definition) is 1. The predicted molar refractivity (Wildman–Crippen MR) is 39.1 cm³/mol. The molecule has 1 heterocycles. The Bertz CT molecular complexity index is 221. The summed E-state index contributed by atoms with van der Waals surface area (Å²) in [5.74, 6) is -1.03. The van der Waals surface area contributed by atoms with Gasteiger partial charge in [0.1, 0.15) is 6.61 Å². The third kappa shape index (κ3) is 2.27. The van der Waals surface area contributed by atoms with E-state index in [-0.39, 0.29) is 4.91 Å². The number of thioether (sulfide) groups is 1. The summed E-state index contributed by atoms with van der Waals surface area (Å²) in [6, 6.07) is 0. The molecule has 60 valence electrons. The van der Waals surface area contributed by atoms with Gasteiger partial charge in [0, 0.05) is 11.8 Å². The second-order valence-electron chi connectivity index (χ2n) is 1.83. The van der Waals surface area contributed by atoms with Crippen molar-refractivity contribution in [3.63, 3.8) is 0 Å². The molecular formula is C6H6O4S. The molecule has 0 amide bonds. The lowest BCUT2D eigenvalue weighted by atomic mass is 10.5. The summed E-state index contributed by atoms with van der Waals surface area (Å²) in [6.45, 7) is 0.362. The third-order valence-corrected chi connectivity index (χ3v) is 2.00. The van der Waals surface area contributed by atoms with Crippen molar-refractivity contribution in [2.45, 2.75) is 0 Å². The van der Waals surface area contributed by atoms with Crippen LogP contribution in [-0.2, 0) is 14.3 Å². The van der Waals surface area contributed by atoms with Gasteiger partial charge >= 0.3 is 11.9 Å². The number of cyclic esters (lactones) is 1. The summed E-state index contributed by atoms with van der Waals surface area (Å²) in [5, 5.41) is 8.29. The van der Waals surface area contributed by atoms with E-state index >= 15 is 0 Å². The zero-order chi connectivity index (χ0) is 8.27. The van der Waals surface area contributed by atoms with E-state index in [9.17, 15) is 9.59 Å². The fourth-order valence-corrected chi connectivity index (χ4v) is 1.38. The molecule has 1 rings (SSSR count). The maximum absolute atomic E-state index is 10.8. The molecule has 0 radical (unpaired) electrons. The van der Waals surface area contributed by atoms with E-state index in [0.29, 0.717) is 12.4 Å². The average Bonchev–Trinajstić information content (AvgIpc) is 1.93. The van der Waals surface area contributed by atoms with E-state index in [2.05, 4.69) is 4.74 Å². The average molecular weight is 174 g/mol. The minimum absolute atomic E-state index is 0.170. The topological polar surface area (TPSA) is 63.6 Å². The second-order valence-corrected chi connectivity index (χ2v) is 2.97. The highest BCUT2D eigenvalue weighted by Gasteiger charge is 2.17. The van der Waals surface area contributed by atoms with Crippen LogP contribution in [-0.4, -0.2) is 29.4 Å². The number of carboxylic acids is 1. The van der Waals surface area contributed by atoms with Crippen LogP contribution in [0.1, 0.15) is 0 Å². The lowest BCUT2D eigenvalue weighted by Gasteiger charge is -2.11. The van der Waals surface area contributed by atoms with Crippen LogP contribution in [0.15, 0.2) is 11.0 Å². The molecule has 0 bridgehead atoms. The predicted octanol–water partition coefficient (Wildman–Crippen LogP) is 0.245. The normalized spacial score (nSPS) is 21.5. The Morgan fingerprint density at radius 3 is 3.00 bits per heavy atom. The van der Waals surface area contributed by atoms with Gasteiger partial charge in [0.15, 0.2) is 0 Å². The van der Waals surface area contributed by atoms with Crippen molar-refractivity contribution in [1.29, 1.82) is 0 Å². The van der Waals surface area contributed by atoms with Gasteiger partial charge in [-0.25, -0.2) is 9.59 Å². The lowest BCUT2D eigenvalue weighted by molar-refractivity contribution is -0.139. The molecule has 1 saturated heterocycles. The van der Waals surface area contributed by atoms with Crippen LogP contribution in [0.2, 0.25) is 0 Å². The maximum Gasteiger partial charge on any atom is 0.344 e. The summed E-state index contributed by atoms with van der Waals surface area (Å²) in [4.78, 5) is 21.0. The monoisotopic (exact) mass is 174 g/mol. The Labute approximate surface area is 67.2 Å². The van der Waals surface area contributed by atoms with Crippen LogP contribution < -0.4 is 0 Å². The first-order chi connectivity index (χ1) is 5.20. The maximum atomic E-state index is 10.8. The van der Waals surface area contributed by atoms with Gasteiger partial charge in [-0.3, -0.25) is 0 Å². The molecule has 1 fully saturated rings. The number of carbonyl (C=O) groups excluding carboxylic acids is 1. The fraction of sp³-hybridized carbons (Fsp3) is 0.333. The zero-order valence-corrected chi connectivity index (χ0v) is 6.39. The van der Waals surface area contributed by atoms with Crippen molar-refractivity contribution in [2.75, 3.05) is 12.4 Å². The molecule has 0 aromatic rings. The molecule has 4 nitrogen and oxygen atoms in total. The molecule has 0 unspecified atom stereocenters. The van der Waals surface area contributed by atoms with Crippen LogP contribution in [0.4, 0.5) is 0 Å². The van der Waals surface area contributed by atoms with E-state index in [0.717, 1.165) is 6.08 Å². The summed E-state index contributed by atoms with van der Waals surface area (Å²) in [5.41, 5.74) is 0. The molecule has 11 heavy (non-hydrogen) atoms. The largest absolute Gasteiger partial charge is 0.478 e. The van der Waals surface area contributed by atoms with Gasteiger partial charge in [0.05, 0.1) is 4.91 Å². The Kier molecular flexibility index (Phi) is 2.53. The van der Waals surface area contributed by atoms with E-state index in [4.69, 9.17) is 5.11 Å². The highest BCUT2D eigenvalue weighted by atomic mass is 32.2. The SMILES string of the molecule is O=C(O)/C=C1\SCCOC1=O. The van der Waals surface area contributed by atoms with Crippen molar-refractivity contribution in [2.24, 2.45) is 0 Å². The Hall–Kier alpha value is -0.970. The zero-order valence-electron chi connectivity index (χ0n) is 5.57. The summed E-state index contributed by atoms with van der Waals surface area (Å²) < 4.78 is 4.60.